The first kappa shape index (κ1) is 14.2. The standard InChI is InChI=1S/C14H22N4S/c1-14(2,3)18-8-6-17(7-9-18)12-5-4-11(10-16-12)13(15)19/h4-5,10H,6-9H2,1-3H3,(H2,15,19). The normalized spacial score (nSPS) is 17.5. The van der Waals surface area contributed by atoms with Crippen LogP contribution in [0.2, 0.25) is 0 Å². The summed E-state index contributed by atoms with van der Waals surface area (Å²) in [5.74, 6) is 1.01. The van der Waals surface area contributed by atoms with E-state index in [1.807, 2.05) is 12.1 Å². The van der Waals surface area contributed by atoms with E-state index in [2.05, 4.69) is 35.6 Å². The third kappa shape index (κ3) is 3.42. The Bertz CT molecular complexity index is 442. The van der Waals surface area contributed by atoms with E-state index >= 15 is 0 Å². The Morgan fingerprint density at radius 3 is 2.26 bits per heavy atom. The fraction of sp³-hybridized carbons (Fsp3) is 0.571. The lowest BCUT2D eigenvalue weighted by molar-refractivity contribution is 0.128. The van der Waals surface area contributed by atoms with E-state index in [1.54, 1.807) is 6.20 Å². The van der Waals surface area contributed by atoms with Crippen molar-refractivity contribution in [2.45, 2.75) is 26.3 Å². The quantitative estimate of drug-likeness (QED) is 0.833. The molecule has 1 aliphatic heterocycles. The fourth-order valence-electron chi connectivity index (χ4n) is 2.33. The number of aromatic nitrogens is 1. The third-order valence-electron chi connectivity index (χ3n) is 3.58. The molecule has 0 bridgehead atoms. The van der Waals surface area contributed by atoms with Crippen molar-refractivity contribution in [3.8, 4) is 0 Å². The van der Waals surface area contributed by atoms with Gasteiger partial charge in [-0.05, 0) is 32.9 Å². The molecule has 5 heteroatoms. The van der Waals surface area contributed by atoms with Crippen molar-refractivity contribution < 1.29 is 0 Å². The smallest absolute Gasteiger partial charge is 0.128 e. The molecule has 0 atom stereocenters. The zero-order chi connectivity index (χ0) is 14.0. The van der Waals surface area contributed by atoms with Crippen LogP contribution in [0.3, 0.4) is 0 Å². The van der Waals surface area contributed by atoms with Crippen LogP contribution < -0.4 is 10.6 Å². The number of hydrogen-bond donors (Lipinski definition) is 1. The predicted molar refractivity (Wildman–Crippen MR) is 83.7 cm³/mol. The molecule has 0 amide bonds. The molecule has 0 unspecified atom stereocenters. The Kier molecular flexibility index (Phi) is 4.06. The van der Waals surface area contributed by atoms with E-state index in [-0.39, 0.29) is 5.54 Å². The van der Waals surface area contributed by atoms with Gasteiger partial charge in [0.15, 0.2) is 0 Å². The molecule has 1 aliphatic rings. The second-order valence-corrected chi connectivity index (χ2v) is 6.35. The molecular weight excluding hydrogens is 256 g/mol. The van der Waals surface area contributed by atoms with Gasteiger partial charge >= 0.3 is 0 Å². The fourth-order valence-corrected chi connectivity index (χ4v) is 2.45. The molecule has 0 aliphatic carbocycles. The molecule has 19 heavy (non-hydrogen) atoms. The number of rotatable bonds is 2. The van der Waals surface area contributed by atoms with Crippen LogP contribution in [0.25, 0.3) is 0 Å². The van der Waals surface area contributed by atoms with Gasteiger partial charge in [0.1, 0.15) is 10.8 Å². The number of piperazine rings is 1. The van der Waals surface area contributed by atoms with Crippen molar-refractivity contribution in [2.75, 3.05) is 31.1 Å². The second kappa shape index (κ2) is 5.43. The molecular formula is C14H22N4S. The summed E-state index contributed by atoms with van der Waals surface area (Å²) in [6.45, 7) is 10.9. The molecule has 0 spiro atoms. The summed E-state index contributed by atoms with van der Waals surface area (Å²) >= 11 is 4.94. The summed E-state index contributed by atoms with van der Waals surface area (Å²) in [4.78, 5) is 9.67. The molecule has 2 N–H and O–H groups in total. The average Bonchev–Trinajstić information content (AvgIpc) is 2.38. The van der Waals surface area contributed by atoms with Gasteiger partial charge in [-0.2, -0.15) is 0 Å². The monoisotopic (exact) mass is 278 g/mol. The Labute approximate surface area is 120 Å². The molecule has 104 valence electrons. The van der Waals surface area contributed by atoms with Crippen molar-refractivity contribution in [1.29, 1.82) is 0 Å². The Hall–Kier alpha value is -1.20. The highest BCUT2D eigenvalue weighted by atomic mass is 32.1. The maximum atomic E-state index is 5.58. The number of nitrogens with zero attached hydrogens (tertiary/aromatic N) is 3. The van der Waals surface area contributed by atoms with Gasteiger partial charge in [-0.1, -0.05) is 12.2 Å². The van der Waals surface area contributed by atoms with Crippen molar-refractivity contribution in [3.63, 3.8) is 0 Å². The summed E-state index contributed by atoms with van der Waals surface area (Å²) in [6, 6.07) is 3.95. The van der Waals surface area contributed by atoms with Crippen LogP contribution in [-0.4, -0.2) is 46.6 Å². The SMILES string of the molecule is CC(C)(C)N1CCN(c2ccc(C(N)=S)cn2)CC1. The maximum absolute atomic E-state index is 5.58. The van der Waals surface area contributed by atoms with Crippen molar-refractivity contribution in [2.24, 2.45) is 5.73 Å². The van der Waals surface area contributed by atoms with Gasteiger partial charge in [-0.15, -0.1) is 0 Å². The van der Waals surface area contributed by atoms with Crippen LogP contribution in [0.5, 0.6) is 0 Å². The van der Waals surface area contributed by atoms with Crippen LogP contribution >= 0.6 is 12.2 Å². The van der Waals surface area contributed by atoms with E-state index in [1.165, 1.54) is 0 Å². The lowest BCUT2D eigenvalue weighted by atomic mass is 10.1. The average molecular weight is 278 g/mol. The molecule has 1 fully saturated rings. The van der Waals surface area contributed by atoms with Gasteiger partial charge in [0, 0.05) is 43.5 Å². The zero-order valence-corrected chi connectivity index (χ0v) is 12.7. The van der Waals surface area contributed by atoms with Crippen molar-refractivity contribution >= 4 is 23.0 Å². The molecule has 1 aromatic rings. The first-order valence-electron chi connectivity index (χ1n) is 6.64. The number of anilines is 1. The summed E-state index contributed by atoms with van der Waals surface area (Å²) in [5.41, 5.74) is 6.65. The van der Waals surface area contributed by atoms with Crippen LogP contribution in [0.15, 0.2) is 18.3 Å². The van der Waals surface area contributed by atoms with E-state index < -0.39 is 0 Å². The number of nitrogens with two attached hydrogens (primary N) is 1. The summed E-state index contributed by atoms with van der Waals surface area (Å²) in [7, 11) is 0. The number of pyridine rings is 1. The van der Waals surface area contributed by atoms with Crippen LogP contribution in [0.1, 0.15) is 26.3 Å². The molecule has 0 radical (unpaired) electrons. The van der Waals surface area contributed by atoms with Gasteiger partial charge in [0.05, 0.1) is 0 Å². The molecule has 2 rings (SSSR count). The lowest BCUT2D eigenvalue weighted by Crippen LogP contribution is -2.53. The predicted octanol–water partition coefficient (Wildman–Crippen LogP) is 1.64. The maximum Gasteiger partial charge on any atom is 0.128 e. The lowest BCUT2D eigenvalue weighted by Gasteiger charge is -2.42. The van der Waals surface area contributed by atoms with Crippen molar-refractivity contribution in [1.82, 2.24) is 9.88 Å². The summed E-state index contributed by atoms with van der Waals surface area (Å²) in [6.07, 6.45) is 1.76. The molecule has 0 saturated carbocycles. The van der Waals surface area contributed by atoms with Gasteiger partial charge in [-0.25, -0.2) is 4.98 Å². The molecule has 4 nitrogen and oxygen atoms in total. The highest BCUT2D eigenvalue weighted by Gasteiger charge is 2.26. The largest absolute Gasteiger partial charge is 0.389 e. The van der Waals surface area contributed by atoms with Gasteiger partial charge in [0.25, 0.3) is 0 Å². The third-order valence-corrected chi connectivity index (χ3v) is 3.82. The van der Waals surface area contributed by atoms with E-state index in [9.17, 15) is 0 Å². The molecule has 2 heterocycles. The zero-order valence-electron chi connectivity index (χ0n) is 11.9. The number of thiocarbonyl (C=S) groups is 1. The highest BCUT2D eigenvalue weighted by molar-refractivity contribution is 7.80. The second-order valence-electron chi connectivity index (χ2n) is 5.91. The first-order valence-corrected chi connectivity index (χ1v) is 7.04. The van der Waals surface area contributed by atoms with E-state index in [4.69, 9.17) is 18.0 Å². The minimum absolute atomic E-state index is 0.245. The Morgan fingerprint density at radius 1 is 1.21 bits per heavy atom. The molecule has 1 aromatic heterocycles. The Morgan fingerprint density at radius 2 is 1.84 bits per heavy atom. The van der Waals surface area contributed by atoms with Crippen LogP contribution in [-0.2, 0) is 0 Å². The van der Waals surface area contributed by atoms with Gasteiger partial charge in [0.2, 0.25) is 0 Å². The number of hydrogen-bond acceptors (Lipinski definition) is 4. The summed E-state index contributed by atoms with van der Waals surface area (Å²) < 4.78 is 0. The van der Waals surface area contributed by atoms with Crippen molar-refractivity contribution in [3.05, 3.63) is 23.9 Å². The molecule has 1 saturated heterocycles. The van der Waals surface area contributed by atoms with Crippen LogP contribution in [0.4, 0.5) is 5.82 Å². The van der Waals surface area contributed by atoms with Gasteiger partial charge in [-0.3, -0.25) is 4.90 Å². The van der Waals surface area contributed by atoms with Gasteiger partial charge < -0.3 is 10.6 Å². The van der Waals surface area contributed by atoms with E-state index in [0.717, 1.165) is 37.6 Å². The molecule has 0 aromatic carbocycles. The van der Waals surface area contributed by atoms with Crippen LogP contribution in [0, 0.1) is 0 Å². The van der Waals surface area contributed by atoms with E-state index in [0.29, 0.717) is 4.99 Å². The minimum Gasteiger partial charge on any atom is -0.389 e. The Balaban J connectivity index is 2.00. The topological polar surface area (TPSA) is 45.4 Å². The highest BCUT2D eigenvalue weighted by Crippen LogP contribution is 2.19. The summed E-state index contributed by atoms with van der Waals surface area (Å²) in [5, 5.41) is 0. The minimum atomic E-state index is 0.245. The first-order chi connectivity index (χ1) is 8.88.